The molecule has 1 aromatic heterocycles. The van der Waals surface area contributed by atoms with Crippen LogP contribution in [0.25, 0.3) is 0 Å². The molecular weight excluding hydrogens is 298 g/mol. The van der Waals surface area contributed by atoms with Crippen LogP contribution in [0.3, 0.4) is 0 Å². The van der Waals surface area contributed by atoms with Gasteiger partial charge in [0.15, 0.2) is 0 Å². The van der Waals surface area contributed by atoms with Gasteiger partial charge < -0.3 is 5.32 Å². The number of hydrogen-bond donors (Lipinski definition) is 1. The van der Waals surface area contributed by atoms with E-state index in [4.69, 9.17) is 0 Å². The molecule has 1 heterocycles. The first-order valence-corrected chi connectivity index (χ1v) is 8.95. The third-order valence-corrected chi connectivity index (χ3v) is 5.19. The second kappa shape index (κ2) is 7.66. The van der Waals surface area contributed by atoms with Crippen LogP contribution in [0.5, 0.6) is 0 Å². The molecule has 0 unspecified atom stereocenters. The summed E-state index contributed by atoms with van der Waals surface area (Å²) in [5, 5.41) is 5.20. The second-order valence-corrected chi connectivity index (χ2v) is 7.43. The monoisotopic (exact) mass is 319 g/mol. The second-order valence-electron chi connectivity index (χ2n) is 5.41. The Hall–Kier alpha value is -1.26. The van der Waals surface area contributed by atoms with E-state index in [0.717, 1.165) is 4.90 Å². The molecule has 1 amide bonds. The molecule has 4 heteroatoms. The minimum Gasteiger partial charge on any atom is -0.347 e. The molecule has 1 atom stereocenters. The first-order chi connectivity index (χ1) is 10.1. The quantitative estimate of drug-likeness (QED) is 0.784. The van der Waals surface area contributed by atoms with Gasteiger partial charge in [0, 0.05) is 9.77 Å². The lowest BCUT2D eigenvalue weighted by atomic mass is 10.0. The minimum atomic E-state index is 0.0904. The fraction of sp³-hybridized carbons (Fsp3) is 0.353. The Morgan fingerprint density at radius 1 is 1.24 bits per heavy atom. The molecule has 112 valence electrons. The maximum atomic E-state index is 12.2. The van der Waals surface area contributed by atoms with Gasteiger partial charge in [0.2, 0.25) is 5.91 Å². The Balaban J connectivity index is 1.89. The van der Waals surface area contributed by atoms with Gasteiger partial charge in [-0.1, -0.05) is 37.6 Å². The molecule has 0 saturated carbocycles. The maximum absolute atomic E-state index is 12.2. The summed E-state index contributed by atoms with van der Waals surface area (Å²) in [6, 6.07) is 12.5. The summed E-state index contributed by atoms with van der Waals surface area (Å²) < 4.78 is 0. The zero-order valence-electron chi connectivity index (χ0n) is 12.6. The van der Waals surface area contributed by atoms with E-state index < -0.39 is 0 Å². The highest BCUT2D eigenvalue weighted by Crippen LogP contribution is 2.26. The smallest absolute Gasteiger partial charge is 0.230 e. The molecule has 2 nitrogen and oxygen atoms in total. The van der Waals surface area contributed by atoms with E-state index in [1.807, 2.05) is 6.07 Å². The van der Waals surface area contributed by atoms with Crippen molar-refractivity contribution in [3.05, 3.63) is 52.2 Å². The molecule has 1 aromatic carbocycles. The standard InChI is InChI=1S/C17H21NOS2/c1-12(2)17(15-5-4-10-20-15)18-16(19)11-21-14-8-6-13(3)7-9-14/h4-10,12,17H,11H2,1-3H3,(H,18,19)/t17-/m0/s1. The molecule has 0 aliphatic heterocycles. The number of carbonyl (C=O) groups is 1. The van der Waals surface area contributed by atoms with E-state index >= 15 is 0 Å². The van der Waals surface area contributed by atoms with Gasteiger partial charge in [-0.25, -0.2) is 0 Å². The van der Waals surface area contributed by atoms with E-state index in [-0.39, 0.29) is 11.9 Å². The number of hydrogen-bond acceptors (Lipinski definition) is 3. The Morgan fingerprint density at radius 3 is 2.52 bits per heavy atom. The highest BCUT2D eigenvalue weighted by Gasteiger charge is 2.19. The van der Waals surface area contributed by atoms with Crippen LogP contribution in [0.1, 0.15) is 30.3 Å². The maximum Gasteiger partial charge on any atom is 0.230 e. The molecule has 21 heavy (non-hydrogen) atoms. The van der Waals surface area contributed by atoms with Gasteiger partial charge in [0.25, 0.3) is 0 Å². The van der Waals surface area contributed by atoms with Crippen molar-refractivity contribution in [1.29, 1.82) is 0 Å². The van der Waals surface area contributed by atoms with E-state index in [1.54, 1.807) is 23.1 Å². The number of amides is 1. The number of rotatable bonds is 6. The summed E-state index contributed by atoms with van der Waals surface area (Å²) >= 11 is 3.28. The lowest BCUT2D eigenvalue weighted by Crippen LogP contribution is -2.32. The Bertz CT molecular complexity index is 561. The molecule has 0 saturated heterocycles. The van der Waals surface area contributed by atoms with Crippen LogP contribution in [0, 0.1) is 12.8 Å². The summed E-state index contributed by atoms with van der Waals surface area (Å²) in [6.45, 7) is 6.34. The summed E-state index contributed by atoms with van der Waals surface area (Å²) in [7, 11) is 0. The molecule has 0 aliphatic carbocycles. The minimum absolute atomic E-state index is 0.0904. The highest BCUT2D eigenvalue weighted by molar-refractivity contribution is 8.00. The average Bonchev–Trinajstić information content (AvgIpc) is 2.97. The van der Waals surface area contributed by atoms with E-state index in [2.05, 4.69) is 61.8 Å². The van der Waals surface area contributed by atoms with Crippen LogP contribution in [0.2, 0.25) is 0 Å². The summed E-state index contributed by atoms with van der Waals surface area (Å²) in [5.74, 6) is 0.933. The molecule has 1 N–H and O–H groups in total. The predicted octanol–water partition coefficient (Wildman–Crippen LogP) is 4.66. The van der Waals surface area contributed by atoms with Gasteiger partial charge >= 0.3 is 0 Å². The summed E-state index contributed by atoms with van der Waals surface area (Å²) in [4.78, 5) is 14.5. The zero-order valence-corrected chi connectivity index (χ0v) is 14.3. The van der Waals surface area contributed by atoms with Gasteiger partial charge in [0.05, 0.1) is 11.8 Å². The lowest BCUT2D eigenvalue weighted by molar-refractivity contribution is -0.119. The Labute approximate surface area is 135 Å². The van der Waals surface area contributed by atoms with Crippen LogP contribution in [0.15, 0.2) is 46.7 Å². The SMILES string of the molecule is Cc1ccc(SCC(=O)N[C@H](c2cccs2)C(C)C)cc1. The number of thioether (sulfide) groups is 1. The number of carbonyl (C=O) groups excluding carboxylic acids is 1. The van der Waals surface area contributed by atoms with Crippen molar-refractivity contribution in [1.82, 2.24) is 5.32 Å². The van der Waals surface area contributed by atoms with Gasteiger partial charge in [-0.3, -0.25) is 4.79 Å². The third-order valence-electron chi connectivity index (χ3n) is 3.22. The molecule has 0 radical (unpaired) electrons. The van der Waals surface area contributed by atoms with Crippen molar-refractivity contribution in [2.45, 2.75) is 31.7 Å². The van der Waals surface area contributed by atoms with Crippen molar-refractivity contribution in [2.24, 2.45) is 5.92 Å². The molecule has 0 fully saturated rings. The summed E-state index contributed by atoms with van der Waals surface area (Å²) in [6.07, 6.45) is 0. The molecule has 0 bridgehead atoms. The van der Waals surface area contributed by atoms with Crippen molar-refractivity contribution in [2.75, 3.05) is 5.75 Å². The topological polar surface area (TPSA) is 29.1 Å². The largest absolute Gasteiger partial charge is 0.347 e. The number of nitrogens with one attached hydrogen (secondary N) is 1. The highest BCUT2D eigenvalue weighted by atomic mass is 32.2. The first-order valence-electron chi connectivity index (χ1n) is 7.08. The molecule has 0 aliphatic rings. The van der Waals surface area contributed by atoms with Gasteiger partial charge in [-0.05, 0) is 36.4 Å². The van der Waals surface area contributed by atoms with Crippen molar-refractivity contribution in [3.63, 3.8) is 0 Å². The normalized spacial score (nSPS) is 12.4. The Morgan fingerprint density at radius 2 is 1.95 bits per heavy atom. The fourth-order valence-electron chi connectivity index (χ4n) is 2.03. The number of thiophene rings is 1. The predicted molar refractivity (Wildman–Crippen MR) is 91.9 cm³/mol. The third kappa shape index (κ3) is 4.90. The van der Waals surface area contributed by atoms with Crippen LogP contribution in [0.4, 0.5) is 0 Å². The molecule has 0 spiro atoms. The van der Waals surface area contributed by atoms with Gasteiger partial charge in [0.1, 0.15) is 0 Å². The zero-order chi connectivity index (χ0) is 15.2. The average molecular weight is 319 g/mol. The van der Waals surface area contributed by atoms with E-state index in [9.17, 15) is 4.79 Å². The van der Waals surface area contributed by atoms with Gasteiger partial charge in [-0.2, -0.15) is 0 Å². The lowest BCUT2D eigenvalue weighted by Gasteiger charge is -2.21. The Kier molecular flexibility index (Phi) is 5.88. The fourth-order valence-corrected chi connectivity index (χ4v) is 3.69. The van der Waals surface area contributed by atoms with E-state index in [1.165, 1.54) is 10.4 Å². The summed E-state index contributed by atoms with van der Waals surface area (Å²) in [5.41, 5.74) is 1.24. The number of benzene rings is 1. The van der Waals surface area contributed by atoms with Crippen LogP contribution < -0.4 is 5.32 Å². The molecule has 2 rings (SSSR count). The van der Waals surface area contributed by atoms with Crippen LogP contribution in [-0.2, 0) is 4.79 Å². The van der Waals surface area contributed by atoms with Crippen molar-refractivity contribution < 1.29 is 4.79 Å². The van der Waals surface area contributed by atoms with E-state index in [0.29, 0.717) is 11.7 Å². The first kappa shape index (κ1) is 16.1. The van der Waals surface area contributed by atoms with Crippen molar-refractivity contribution >= 4 is 29.0 Å². The van der Waals surface area contributed by atoms with Crippen molar-refractivity contribution in [3.8, 4) is 0 Å². The molecule has 2 aromatic rings. The van der Waals surface area contributed by atoms with Crippen LogP contribution >= 0.6 is 23.1 Å². The van der Waals surface area contributed by atoms with Crippen LogP contribution in [-0.4, -0.2) is 11.7 Å². The molecular formula is C17H21NOS2. The van der Waals surface area contributed by atoms with Gasteiger partial charge in [-0.15, -0.1) is 23.1 Å². The number of aryl methyl sites for hydroxylation is 1.